The van der Waals surface area contributed by atoms with Gasteiger partial charge in [-0.05, 0) is 63.2 Å². The van der Waals surface area contributed by atoms with Crippen LogP contribution in [0.15, 0.2) is 0 Å². The summed E-state index contributed by atoms with van der Waals surface area (Å²) in [6.45, 7) is 1.54. The van der Waals surface area contributed by atoms with Crippen molar-refractivity contribution >= 4 is 5.78 Å². The summed E-state index contributed by atoms with van der Waals surface area (Å²) < 4.78 is 0. The van der Waals surface area contributed by atoms with E-state index in [1.165, 1.54) is 19.3 Å². The third kappa shape index (κ3) is 1.37. The van der Waals surface area contributed by atoms with Crippen molar-refractivity contribution in [3.05, 3.63) is 0 Å². The summed E-state index contributed by atoms with van der Waals surface area (Å²) in [7, 11) is 0. The number of aliphatic hydroxyl groups excluding tert-OH is 1. The zero-order valence-corrected chi connectivity index (χ0v) is 9.41. The predicted molar refractivity (Wildman–Crippen MR) is 57.3 cm³/mol. The molecule has 1 N–H and O–H groups in total. The molecule has 0 spiro atoms. The van der Waals surface area contributed by atoms with Crippen molar-refractivity contribution in [2.24, 2.45) is 23.2 Å². The van der Waals surface area contributed by atoms with Crippen LogP contribution >= 0.6 is 0 Å². The second-order valence-electron chi connectivity index (χ2n) is 6.29. The normalized spacial score (nSPS) is 49.3. The molecule has 1 atom stereocenters. The van der Waals surface area contributed by atoms with Gasteiger partial charge in [-0.2, -0.15) is 0 Å². The maximum absolute atomic E-state index is 11.4. The van der Waals surface area contributed by atoms with E-state index in [1.807, 2.05) is 0 Å². The Bertz CT molecular complexity index is 260. The average Bonchev–Trinajstić information content (AvgIpc) is 2.14. The van der Waals surface area contributed by atoms with Gasteiger partial charge in [0.1, 0.15) is 6.10 Å². The molecule has 2 nitrogen and oxygen atoms in total. The summed E-state index contributed by atoms with van der Waals surface area (Å²) >= 11 is 0. The first kappa shape index (κ1) is 9.83. The predicted octanol–water partition coefficient (Wildman–Crippen LogP) is 2.15. The minimum Gasteiger partial charge on any atom is -0.385 e. The van der Waals surface area contributed by atoms with Crippen molar-refractivity contribution in [3.8, 4) is 0 Å². The zero-order valence-electron chi connectivity index (χ0n) is 9.41. The molecular weight excluding hydrogens is 188 g/mol. The topological polar surface area (TPSA) is 37.3 Å². The summed E-state index contributed by atoms with van der Waals surface area (Å²) in [5.74, 6) is 2.41. The SMILES string of the molecule is CC(=O)[C@H](O)C12CC3CC(CC(C3)C1)C2. The van der Waals surface area contributed by atoms with E-state index in [2.05, 4.69) is 0 Å². The molecule has 4 aliphatic carbocycles. The zero-order chi connectivity index (χ0) is 10.6. The second-order valence-corrected chi connectivity index (χ2v) is 6.29. The lowest BCUT2D eigenvalue weighted by molar-refractivity contribution is -0.151. The van der Waals surface area contributed by atoms with Gasteiger partial charge in [0.15, 0.2) is 5.78 Å². The number of rotatable bonds is 2. The van der Waals surface area contributed by atoms with Crippen LogP contribution in [0.2, 0.25) is 0 Å². The fourth-order valence-corrected chi connectivity index (χ4v) is 4.94. The fourth-order valence-electron chi connectivity index (χ4n) is 4.94. The summed E-state index contributed by atoms with van der Waals surface area (Å²) in [5.41, 5.74) is -0.0133. The maximum Gasteiger partial charge on any atom is 0.158 e. The van der Waals surface area contributed by atoms with Crippen LogP contribution in [0.3, 0.4) is 0 Å². The van der Waals surface area contributed by atoms with E-state index in [0.717, 1.165) is 37.0 Å². The van der Waals surface area contributed by atoms with Crippen LogP contribution in [0, 0.1) is 23.2 Å². The van der Waals surface area contributed by atoms with Gasteiger partial charge in [-0.3, -0.25) is 4.79 Å². The summed E-state index contributed by atoms with van der Waals surface area (Å²) in [5, 5.41) is 10.1. The Balaban J connectivity index is 1.89. The van der Waals surface area contributed by atoms with Crippen molar-refractivity contribution in [1.29, 1.82) is 0 Å². The van der Waals surface area contributed by atoms with Gasteiger partial charge >= 0.3 is 0 Å². The molecule has 84 valence electrons. The number of carbonyl (C=O) groups is 1. The Kier molecular flexibility index (Phi) is 2.01. The van der Waals surface area contributed by atoms with Gasteiger partial charge in [0.2, 0.25) is 0 Å². The fraction of sp³-hybridized carbons (Fsp3) is 0.923. The van der Waals surface area contributed by atoms with Gasteiger partial charge in [-0.25, -0.2) is 0 Å². The number of Topliss-reactive ketones (excluding diaryl/α,β-unsaturated/α-hetero) is 1. The highest BCUT2D eigenvalue weighted by atomic mass is 16.3. The molecule has 4 bridgehead atoms. The highest BCUT2D eigenvalue weighted by molar-refractivity contribution is 5.81. The molecule has 4 aliphatic rings. The van der Waals surface area contributed by atoms with Gasteiger partial charge in [0, 0.05) is 5.41 Å². The quantitative estimate of drug-likeness (QED) is 0.755. The van der Waals surface area contributed by atoms with Gasteiger partial charge in [0.25, 0.3) is 0 Å². The van der Waals surface area contributed by atoms with Gasteiger partial charge in [0.05, 0.1) is 0 Å². The molecular formula is C13H20O2. The molecule has 2 heteroatoms. The highest BCUT2D eigenvalue weighted by Crippen LogP contribution is 2.61. The Morgan fingerprint density at radius 3 is 1.87 bits per heavy atom. The molecule has 0 heterocycles. The largest absolute Gasteiger partial charge is 0.385 e. The molecule has 0 aliphatic heterocycles. The van der Waals surface area contributed by atoms with Crippen molar-refractivity contribution in [2.45, 2.75) is 51.6 Å². The maximum atomic E-state index is 11.4. The summed E-state index contributed by atoms with van der Waals surface area (Å²) in [6.07, 6.45) is 6.75. The number of aliphatic hydroxyl groups is 1. The van der Waals surface area contributed by atoms with E-state index in [1.54, 1.807) is 6.92 Å². The third-order valence-electron chi connectivity index (χ3n) is 5.05. The van der Waals surface area contributed by atoms with E-state index < -0.39 is 6.10 Å². The Hall–Kier alpha value is -0.370. The first-order chi connectivity index (χ1) is 7.09. The van der Waals surface area contributed by atoms with Crippen molar-refractivity contribution < 1.29 is 9.90 Å². The van der Waals surface area contributed by atoms with Crippen LogP contribution < -0.4 is 0 Å². The van der Waals surface area contributed by atoms with E-state index in [4.69, 9.17) is 0 Å². The number of carbonyl (C=O) groups excluding carboxylic acids is 1. The van der Waals surface area contributed by atoms with Crippen LogP contribution in [0.5, 0.6) is 0 Å². The summed E-state index contributed by atoms with van der Waals surface area (Å²) in [4.78, 5) is 11.4. The van der Waals surface area contributed by atoms with E-state index in [-0.39, 0.29) is 11.2 Å². The molecule has 0 unspecified atom stereocenters. The van der Waals surface area contributed by atoms with E-state index in [9.17, 15) is 9.90 Å². The van der Waals surface area contributed by atoms with Crippen molar-refractivity contribution in [3.63, 3.8) is 0 Å². The molecule has 0 amide bonds. The second kappa shape index (κ2) is 3.07. The van der Waals surface area contributed by atoms with E-state index >= 15 is 0 Å². The lowest BCUT2D eigenvalue weighted by atomic mass is 9.48. The van der Waals surface area contributed by atoms with Gasteiger partial charge in [-0.15, -0.1) is 0 Å². The Labute approximate surface area is 91.1 Å². The van der Waals surface area contributed by atoms with Crippen LogP contribution in [0.4, 0.5) is 0 Å². The van der Waals surface area contributed by atoms with Crippen LogP contribution in [0.25, 0.3) is 0 Å². The first-order valence-electron chi connectivity index (χ1n) is 6.27. The molecule has 0 aromatic carbocycles. The number of hydrogen-bond acceptors (Lipinski definition) is 2. The average molecular weight is 208 g/mol. The lowest BCUT2D eigenvalue weighted by Crippen LogP contribution is -2.53. The Morgan fingerprint density at radius 1 is 1.13 bits per heavy atom. The molecule has 4 saturated carbocycles. The molecule has 4 fully saturated rings. The highest BCUT2D eigenvalue weighted by Gasteiger charge is 2.54. The monoisotopic (exact) mass is 208 g/mol. The molecule has 15 heavy (non-hydrogen) atoms. The number of hydrogen-bond donors (Lipinski definition) is 1. The molecule has 0 aromatic heterocycles. The Morgan fingerprint density at radius 2 is 1.53 bits per heavy atom. The van der Waals surface area contributed by atoms with Crippen LogP contribution in [-0.2, 0) is 4.79 Å². The summed E-state index contributed by atoms with van der Waals surface area (Å²) in [6, 6.07) is 0. The third-order valence-corrected chi connectivity index (χ3v) is 5.05. The minimum absolute atomic E-state index is 0.0133. The minimum atomic E-state index is -0.675. The smallest absolute Gasteiger partial charge is 0.158 e. The van der Waals surface area contributed by atoms with Crippen LogP contribution in [-0.4, -0.2) is 17.0 Å². The van der Waals surface area contributed by atoms with Gasteiger partial charge in [-0.1, -0.05) is 0 Å². The van der Waals surface area contributed by atoms with Gasteiger partial charge < -0.3 is 5.11 Å². The van der Waals surface area contributed by atoms with Crippen molar-refractivity contribution in [1.82, 2.24) is 0 Å². The lowest BCUT2D eigenvalue weighted by Gasteiger charge is -2.58. The van der Waals surface area contributed by atoms with Crippen molar-refractivity contribution in [2.75, 3.05) is 0 Å². The first-order valence-corrected chi connectivity index (χ1v) is 6.27. The van der Waals surface area contributed by atoms with E-state index in [0.29, 0.717) is 0 Å². The molecule has 0 radical (unpaired) electrons. The number of ketones is 1. The standard InChI is InChI=1S/C13H20O2/c1-8(14)12(15)13-5-9-2-10(6-13)4-11(3-9)7-13/h9-12,15H,2-7H2,1H3/t9?,10?,11?,12-,13?/m0/s1. The molecule has 0 saturated heterocycles. The molecule has 0 aromatic rings. The molecule has 4 rings (SSSR count). The van der Waals surface area contributed by atoms with Crippen LogP contribution in [0.1, 0.15) is 45.4 Å².